The Labute approximate surface area is 86.3 Å². The number of hydrogen-bond acceptors (Lipinski definition) is 2. The van der Waals surface area contributed by atoms with E-state index in [1.807, 2.05) is 0 Å². The van der Waals surface area contributed by atoms with Gasteiger partial charge in [0.05, 0.1) is 0 Å². The van der Waals surface area contributed by atoms with Crippen LogP contribution < -0.4 is 0 Å². The molecule has 0 aliphatic carbocycles. The predicted molar refractivity (Wildman–Crippen MR) is 57.7 cm³/mol. The summed E-state index contributed by atoms with van der Waals surface area (Å²) in [6, 6.07) is 0. The fraction of sp³-hybridized carbons (Fsp3) is 0.583. The van der Waals surface area contributed by atoms with Crippen LogP contribution in [0, 0.1) is 11.8 Å². The molecule has 14 heavy (non-hydrogen) atoms. The molecule has 0 aliphatic rings. The van der Waals surface area contributed by atoms with Gasteiger partial charge in [-0.05, 0) is 19.8 Å². The molecule has 0 amide bonds. The van der Waals surface area contributed by atoms with Crippen LogP contribution in [0.5, 0.6) is 0 Å². The number of esters is 1. The van der Waals surface area contributed by atoms with Crippen molar-refractivity contribution in [3.05, 3.63) is 12.7 Å². The van der Waals surface area contributed by atoms with Gasteiger partial charge >= 0.3 is 5.97 Å². The van der Waals surface area contributed by atoms with E-state index < -0.39 is 5.97 Å². The van der Waals surface area contributed by atoms with E-state index in [0.717, 1.165) is 25.7 Å². The van der Waals surface area contributed by atoms with Crippen LogP contribution in [0.3, 0.4) is 0 Å². The fourth-order valence-electron chi connectivity index (χ4n) is 1.09. The molecule has 0 spiro atoms. The minimum absolute atomic E-state index is 0.185. The molecule has 0 rings (SSSR count). The maximum atomic E-state index is 11.0. The Kier molecular flexibility index (Phi) is 7.64. The standard InChI is InChI=1S/C12H18O2/c1-4-7-8-10-11(6-3)14-12(13)9-5-2/h6,11H,3-4,7-8,10H2,1-2H3/t11-/m0/s1. The third-order valence-corrected chi connectivity index (χ3v) is 1.84. The van der Waals surface area contributed by atoms with Crippen LogP contribution in [0.15, 0.2) is 12.7 Å². The van der Waals surface area contributed by atoms with Crippen molar-refractivity contribution in [2.24, 2.45) is 0 Å². The Morgan fingerprint density at radius 1 is 1.57 bits per heavy atom. The van der Waals surface area contributed by atoms with Gasteiger partial charge in [0.2, 0.25) is 0 Å². The number of rotatable bonds is 6. The van der Waals surface area contributed by atoms with Gasteiger partial charge in [-0.15, -0.1) is 0 Å². The highest BCUT2D eigenvalue weighted by molar-refractivity contribution is 5.88. The van der Waals surface area contributed by atoms with Crippen molar-refractivity contribution in [1.29, 1.82) is 0 Å². The monoisotopic (exact) mass is 194 g/mol. The van der Waals surface area contributed by atoms with E-state index in [-0.39, 0.29) is 6.10 Å². The van der Waals surface area contributed by atoms with Crippen LogP contribution in [0.4, 0.5) is 0 Å². The quantitative estimate of drug-likeness (QED) is 0.214. The third kappa shape index (κ3) is 6.30. The molecule has 2 nitrogen and oxygen atoms in total. The van der Waals surface area contributed by atoms with Gasteiger partial charge in [-0.3, -0.25) is 0 Å². The molecule has 0 saturated carbocycles. The smallest absolute Gasteiger partial charge is 0.384 e. The van der Waals surface area contributed by atoms with Crippen molar-refractivity contribution in [3.8, 4) is 11.8 Å². The number of hydrogen-bond donors (Lipinski definition) is 0. The summed E-state index contributed by atoms with van der Waals surface area (Å²) in [5.74, 6) is 4.38. The van der Waals surface area contributed by atoms with Gasteiger partial charge in [0.15, 0.2) is 0 Å². The lowest BCUT2D eigenvalue weighted by Crippen LogP contribution is -2.14. The van der Waals surface area contributed by atoms with Crippen molar-refractivity contribution in [2.75, 3.05) is 0 Å². The second-order valence-electron chi connectivity index (χ2n) is 3.05. The van der Waals surface area contributed by atoms with E-state index in [1.165, 1.54) is 0 Å². The fourth-order valence-corrected chi connectivity index (χ4v) is 1.09. The van der Waals surface area contributed by atoms with E-state index in [2.05, 4.69) is 25.3 Å². The lowest BCUT2D eigenvalue weighted by atomic mass is 10.1. The summed E-state index contributed by atoms with van der Waals surface area (Å²) in [6.07, 6.45) is 5.68. The second kappa shape index (κ2) is 8.37. The van der Waals surface area contributed by atoms with Crippen LogP contribution >= 0.6 is 0 Å². The van der Waals surface area contributed by atoms with E-state index >= 15 is 0 Å². The van der Waals surface area contributed by atoms with Gasteiger partial charge in [-0.25, -0.2) is 4.79 Å². The molecule has 0 saturated heterocycles. The zero-order valence-corrected chi connectivity index (χ0v) is 9.01. The van der Waals surface area contributed by atoms with Crippen LogP contribution in [0.1, 0.15) is 39.5 Å². The van der Waals surface area contributed by atoms with Gasteiger partial charge in [0.25, 0.3) is 0 Å². The summed E-state index contributed by atoms with van der Waals surface area (Å²) in [5, 5.41) is 0. The van der Waals surface area contributed by atoms with E-state index in [9.17, 15) is 4.79 Å². The van der Waals surface area contributed by atoms with Crippen LogP contribution in [0.2, 0.25) is 0 Å². The highest BCUT2D eigenvalue weighted by Crippen LogP contribution is 2.07. The van der Waals surface area contributed by atoms with Gasteiger partial charge in [-0.1, -0.05) is 38.3 Å². The van der Waals surface area contributed by atoms with Gasteiger partial charge < -0.3 is 4.74 Å². The molecule has 0 bridgehead atoms. The van der Waals surface area contributed by atoms with Crippen molar-refractivity contribution in [1.82, 2.24) is 0 Å². The average Bonchev–Trinajstić information content (AvgIpc) is 2.17. The molecule has 0 aromatic rings. The highest BCUT2D eigenvalue weighted by atomic mass is 16.5. The Bertz CT molecular complexity index is 232. The number of unbranched alkanes of at least 4 members (excludes halogenated alkanes) is 2. The van der Waals surface area contributed by atoms with Crippen LogP contribution in [0.25, 0.3) is 0 Å². The predicted octanol–water partition coefficient (Wildman–Crippen LogP) is 2.69. The summed E-state index contributed by atoms with van der Waals surface area (Å²) in [5.41, 5.74) is 0. The molecule has 0 fully saturated rings. The molecule has 2 heteroatoms. The molecule has 0 heterocycles. The first-order valence-electron chi connectivity index (χ1n) is 5.00. The van der Waals surface area contributed by atoms with E-state index in [4.69, 9.17) is 4.74 Å². The highest BCUT2D eigenvalue weighted by Gasteiger charge is 2.07. The van der Waals surface area contributed by atoms with E-state index in [0.29, 0.717) is 0 Å². The van der Waals surface area contributed by atoms with Crippen molar-refractivity contribution < 1.29 is 9.53 Å². The Hall–Kier alpha value is -1.23. The summed E-state index contributed by atoms with van der Waals surface area (Å²) in [7, 11) is 0. The zero-order valence-electron chi connectivity index (χ0n) is 9.01. The summed E-state index contributed by atoms with van der Waals surface area (Å²) < 4.78 is 5.06. The maximum Gasteiger partial charge on any atom is 0.384 e. The minimum Gasteiger partial charge on any atom is -0.449 e. The summed E-state index contributed by atoms with van der Waals surface area (Å²) in [6.45, 7) is 7.38. The minimum atomic E-state index is -0.464. The third-order valence-electron chi connectivity index (χ3n) is 1.84. The Morgan fingerprint density at radius 2 is 2.29 bits per heavy atom. The Balaban J connectivity index is 3.82. The lowest BCUT2D eigenvalue weighted by Gasteiger charge is -2.11. The van der Waals surface area contributed by atoms with Crippen LogP contribution in [-0.2, 0) is 9.53 Å². The molecule has 0 aliphatic heterocycles. The van der Waals surface area contributed by atoms with Crippen molar-refractivity contribution in [2.45, 2.75) is 45.6 Å². The van der Waals surface area contributed by atoms with Crippen LogP contribution in [-0.4, -0.2) is 12.1 Å². The first kappa shape index (κ1) is 12.8. The lowest BCUT2D eigenvalue weighted by molar-refractivity contribution is -0.140. The molecule has 0 N–H and O–H groups in total. The maximum absolute atomic E-state index is 11.0. The first-order valence-corrected chi connectivity index (χ1v) is 5.00. The second-order valence-corrected chi connectivity index (χ2v) is 3.05. The molecular formula is C12H18O2. The summed E-state index contributed by atoms with van der Waals surface area (Å²) >= 11 is 0. The SMILES string of the molecule is C=C[C@@H](CCCCC)OC(=O)C#CC. The average molecular weight is 194 g/mol. The van der Waals surface area contributed by atoms with Gasteiger partial charge in [0.1, 0.15) is 6.10 Å². The molecule has 78 valence electrons. The molecule has 1 atom stereocenters. The van der Waals surface area contributed by atoms with E-state index in [1.54, 1.807) is 13.0 Å². The van der Waals surface area contributed by atoms with Gasteiger partial charge in [0, 0.05) is 5.92 Å². The van der Waals surface area contributed by atoms with Crippen molar-refractivity contribution >= 4 is 5.97 Å². The summed E-state index contributed by atoms with van der Waals surface area (Å²) in [4.78, 5) is 11.0. The Morgan fingerprint density at radius 3 is 2.79 bits per heavy atom. The zero-order chi connectivity index (χ0) is 10.8. The topological polar surface area (TPSA) is 26.3 Å². The largest absolute Gasteiger partial charge is 0.449 e. The molecular weight excluding hydrogens is 176 g/mol. The first-order chi connectivity index (χ1) is 6.74. The molecule has 0 aromatic carbocycles. The number of carbonyl (C=O) groups is 1. The molecule has 0 unspecified atom stereocenters. The molecule has 0 aromatic heterocycles. The number of ether oxygens (including phenoxy) is 1. The number of carbonyl (C=O) groups excluding carboxylic acids is 1. The normalized spacial score (nSPS) is 11.0. The molecule has 0 radical (unpaired) electrons. The van der Waals surface area contributed by atoms with Crippen molar-refractivity contribution in [3.63, 3.8) is 0 Å². The van der Waals surface area contributed by atoms with Gasteiger partial charge in [-0.2, -0.15) is 0 Å².